The fraction of sp³-hybridized carbons (Fsp3) is 0.192. The number of nitrogens with zero attached hydrogens (tertiary/aromatic N) is 2. The van der Waals surface area contributed by atoms with E-state index in [1.54, 1.807) is 30.3 Å². The number of para-hydroxylation sites is 1. The summed E-state index contributed by atoms with van der Waals surface area (Å²) in [4.78, 5) is 4.24. The van der Waals surface area contributed by atoms with Gasteiger partial charge in [0.15, 0.2) is 0 Å². The standard InChI is InChI=1S/C26H21F3N2O2S/c27-26(28,29)24-11-5-10-23-22(12-13-30-25(23)24)20-8-3-6-18(16-20)19-7-4-9-21(17-19)34(32,33)31-14-1-2-15-31/h3-13,16-17H,1-2,14-15H2. The lowest BCUT2D eigenvalue weighted by Crippen LogP contribution is -2.27. The van der Waals surface area contributed by atoms with Crippen molar-refractivity contribution in [2.75, 3.05) is 13.1 Å². The Bertz CT molecular complexity index is 1480. The number of pyridine rings is 1. The van der Waals surface area contributed by atoms with Crippen LogP contribution in [0.15, 0.2) is 83.9 Å². The highest BCUT2D eigenvalue weighted by atomic mass is 32.2. The second kappa shape index (κ2) is 8.52. The fourth-order valence-corrected chi connectivity index (χ4v) is 6.00. The number of benzene rings is 3. The fourth-order valence-electron chi connectivity index (χ4n) is 4.44. The number of hydrogen-bond donors (Lipinski definition) is 0. The summed E-state index contributed by atoms with van der Waals surface area (Å²) < 4.78 is 68.0. The molecule has 5 rings (SSSR count). The van der Waals surface area contributed by atoms with E-state index < -0.39 is 21.8 Å². The summed E-state index contributed by atoms with van der Waals surface area (Å²) in [7, 11) is -3.56. The maximum absolute atomic E-state index is 13.5. The minimum absolute atomic E-state index is 0.100. The third-order valence-electron chi connectivity index (χ3n) is 6.12. The first-order valence-electron chi connectivity index (χ1n) is 10.9. The molecule has 4 nitrogen and oxygen atoms in total. The molecule has 0 aliphatic carbocycles. The first kappa shape index (κ1) is 22.6. The summed E-state index contributed by atoms with van der Waals surface area (Å²) in [5, 5.41) is 0.403. The predicted octanol–water partition coefficient (Wildman–Crippen LogP) is 6.37. The van der Waals surface area contributed by atoms with E-state index in [1.165, 1.54) is 16.6 Å². The number of halogens is 3. The molecule has 174 valence electrons. The van der Waals surface area contributed by atoms with Gasteiger partial charge in [0.05, 0.1) is 16.0 Å². The van der Waals surface area contributed by atoms with Gasteiger partial charge in [0, 0.05) is 24.7 Å². The van der Waals surface area contributed by atoms with Crippen molar-refractivity contribution in [1.82, 2.24) is 9.29 Å². The summed E-state index contributed by atoms with van der Waals surface area (Å²) in [6.07, 6.45) is -1.41. The van der Waals surface area contributed by atoms with E-state index in [2.05, 4.69) is 4.98 Å². The Morgan fingerprint density at radius 3 is 2.18 bits per heavy atom. The van der Waals surface area contributed by atoms with E-state index in [4.69, 9.17) is 0 Å². The number of rotatable bonds is 4. The highest BCUT2D eigenvalue weighted by Gasteiger charge is 2.33. The van der Waals surface area contributed by atoms with Crippen LogP contribution in [0.2, 0.25) is 0 Å². The maximum atomic E-state index is 13.5. The van der Waals surface area contributed by atoms with Crippen LogP contribution < -0.4 is 0 Å². The summed E-state index contributed by atoms with van der Waals surface area (Å²) >= 11 is 0. The molecule has 0 saturated carbocycles. The van der Waals surface area contributed by atoms with Gasteiger partial charge in [0.1, 0.15) is 0 Å². The first-order valence-corrected chi connectivity index (χ1v) is 12.4. The molecule has 0 radical (unpaired) electrons. The minimum atomic E-state index is -4.51. The zero-order chi connectivity index (χ0) is 23.9. The zero-order valence-electron chi connectivity index (χ0n) is 18.1. The minimum Gasteiger partial charge on any atom is -0.256 e. The van der Waals surface area contributed by atoms with Crippen molar-refractivity contribution in [3.63, 3.8) is 0 Å². The lowest BCUT2D eigenvalue weighted by atomic mass is 9.96. The van der Waals surface area contributed by atoms with Gasteiger partial charge >= 0.3 is 6.18 Å². The summed E-state index contributed by atoms with van der Waals surface area (Å²) in [6.45, 7) is 1.05. The Labute approximate surface area is 195 Å². The molecule has 4 aromatic rings. The van der Waals surface area contributed by atoms with Crippen molar-refractivity contribution in [1.29, 1.82) is 0 Å². The SMILES string of the molecule is O=S(=O)(c1cccc(-c2cccc(-c3ccnc4c(C(F)(F)F)cccc34)c2)c1)N1CCCC1. The number of alkyl halides is 3. The molecule has 0 amide bonds. The lowest BCUT2D eigenvalue weighted by molar-refractivity contribution is -0.136. The van der Waals surface area contributed by atoms with E-state index in [0.29, 0.717) is 24.0 Å². The van der Waals surface area contributed by atoms with Gasteiger partial charge in [-0.3, -0.25) is 4.98 Å². The monoisotopic (exact) mass is 482 g/mol. The molecule has 0 N–H and O–H groups in total. The summed E-state index contributed by atoms with van der Waals surface area (Å²) in [5.74, 6) is 0. The Balaban J connectivity index is 1.58. The first-order chi connectivity index (χ1) is 16.2. The van der Waals surface area contributed by atoms with E-state index in [-0.39, 0.29) is 10.4 Å². The van der Waals surface area contributed by atoms with Gasteiger partial charge in [-0.25, -0.2) is 8.42 Å². The predicted molar refractivity (Wildman–Crippen MR) is 126 cm³/mol. The van der Waals surface area contributed by atoms with E-state index >= 15 is 0 Å². The Hall–Kier alpha value is -3.23. The molecule has 0 atom stereocenters. The van der Waals surface area contributed by atoms with Gasteiger partial charge in [-0.2, -0.15) is 17.5 Å². The molecule has 0 spiro atoms. The lowest BCUT2D eigenvalue weighted by Gasteiger charge is -2.16. The van der Waals surface area contributed by atoms with Crippen molar-refractivity contribution < 1.29 is 21.6 Å². The molecule has 8 heteroatoms. The molecule has 1 aliphatic heterocycles. The van der Waals surface area contributed by atoms with Gasteiger partial charge in [0.25, 0.3) is 0 Å². The van der Waals surface area contributed by atoms with Crippen LogP contribution in [0, 0.1) is 0 Å². The quantitative estimate of drug-likeness (QED) is 0.340. The molecule has 3 aromatic carbocycles. The second-order valence-corrected chi connectivity index (χ2v) is 10.2. The van der Waals surface area contributed by atoms with Gasteiger partial charge in [0.2, 0.25) is 10.0 Å². The topological polar surface area (TPSA) is 50.3 Å². The Morgan fingerprint density at radius 1 is 0.794 bits per heavy atom. The number of hydrogen-bond acceptors (Lipinski definition) is 3. The second-order valence-electron chi connectivity index (χ2n) is 8.28. The van der Waals surface area contributed by atoms with Crippen molar-refractivity contribution in [3.05, 3.63) is 84.6 Å². The Morgan fingerprint density at radius 2 is 1.44 bits per heavy atom. The maximum Gasteiger partial charge on any atom is 0.418 e. The van der Waals surface area contributed by atoms with E-state index in [1.807, 2.05) is 30.3 Å². The molecule has 1 aliphatic rings. The van der Waals surface area contributed by atoms with Crippen LogP contribution in [-0.2, 0) is 16.2 Å². The summed E-state index contributed by atoms with van der Waals surface area (Å²) in [6, 6.07) is 19.9. The number of fused-ring (bicyclic) bond motifs is 1. The van der Waals surface area contributed by atoms with Crippen molar-refractivity contribution in [3.8, 4) is 22.3 Å². The molecule has 0 unspecified atom stereocenters. The Kier molecular flexibility index (Phi) is 5.65. The largest absolute Gasteiger partial charge is 0.418 e. The summed E-state index contributed by atoms with van der Waals surface area (Å²) in [5.41, 5.74) is 1.96. The van der Waals surface area contributed by atoms with Crippen LogP contribution in [0.1, 0.15) is 18.4 Å². The van der Waals surface area contributed by atoms with Gasteiger partial charge < -0.3 is 0 Å². The molecular formula is C26H21F3N2O2S. The normalized spacial score (nSPS) is 15.1. The van der Waals surface area contributed by atoms with Gasteiger partial charge in [-0.1, -0.05) is 42.5 Å². The van der Waals surface area contributed by atoms with Crippen LogP contribution in [0.25, 0.3) is 33.2 Å². The van der Waals surface area contributed by atoms with Crippen molar-refractivity contribution >= 4 is 20.9 Å². The van der Waals surface area contributed by atoms with Crippen LogP contribution in [0.3, 0.4) is 0 Å². The van der Waals surface area contributed by atoms with Gasteiger partial charge in [-0.05, 0) is 65.4 Å². The third kappa shape index (κ3) is 4.08. The van der Waals surface area contributed by atoms with Crippen LogP contribution in [0.4, 0.5) is 13.2 Å². The molecule has 0 bridgehead atoms. The van der Waals surface area contributed by atoms with E-state index in [9.17, 15) is 21.6 Å². The smallest absolute Gasteiger partial charge is 0.256 e. The number of sulfonamides is 1. The highest BCUT2D eigenvalue weighted by molar-refractivity contribution is 7.89. The molecule has 34 heavy (non-hydrogen) atoms. The molecule has 1 fully saturated rings. The molecule has 1 saturated heterocycles. The molecule has 2 heterocycles. The van der Waals surface area contributed by atoms with Crippen molar-refractivity contribution in [2.45, 2.75) is 23.9 Å². The van der Waals surface area contributed by atoms with E-state index in [0.717, 1.165) is 35.6 Å². The third-order valence-corrected chi connectivity index (χ3v) is 8.01. The number of aromatic nitrogens is 1. The van der Waals surface area contributed by atoms with Crippen LogP contribution in [-0.4, -0.2) is 30.8 Å². The zero-order valence-corrected chi connectivity index (χ0v) is 18.9. The molecule has 1 aromatic heterocycles. The van der Waals surface area contributed by atoms with Crippen LogP contribution >= 0.6 is 0 Å². The molecular weight excluding hydrogens is 461 g/mol. The highest BCUT2D eigenvalue weighted by Crippen LogP contribution is 2.37. The van der Waals surface area contributed by atoms with Crippen LogP contribution in [0.5, 0.6) is 0 Å². The van der Waals surface area contributed by atoms with Gasteiger partial charge in [-0.15, -0.1) is 0 Å². The average Bonchev–Trinajstić information content (AvgIpc) is 3.39. The van der Waals surface area contributed by atoms with Crippen molar-refractivity contribution in [2.24, 2.45) is 0 Å². The average molecular weight is 483 g/mol.